The van der Waals surface area contributed by atoms with Crippen molar-refractivity contribution in [3.05, 3.63) is 23.8 Å². The number of amides is 1. The molecule has 0 spiro atoms. The van der Waals surface area contributed by atoms with Gasteiger partial charge in [-0.15, -0.1) is 0 Å². The molecule has 0 radical (unpaired) electrons. The summed E-state index contributed by atoms with van der Waals surface area (Å²) in [6, 6.07) is 4.67. The Hall–Kier alpha value is -1.75. The SMILES string of the molecule is COc1cccc(C(=O)NC(CN)C(C)C)c1O. The molecule has 0 bridgehead atoms. The summed E-state index contributed by atoms with van der Waals surface area (Å²) in [7, 11) is 1.44. The number of hydrogen-bond acceptors (Lipinski definition) is 4. The highest BCUT2D eigenvalue weighted by Gasteiger charge is 2.19. The van der Waals surface area contributed by atoms with Gasteiger partial charge in [-0.3, -0.25) is 4.79 Å². The number of ether oxygens (including phenoxy) is 1. The molecule has 0 saturated carbocycles. The molecule has 4 N–H and O–H groups in total. The zero-order chi connectivity index (χ0) is 13.7. The number of phenols is 1. The maximum absolute atomic E-state index is 12.0. The van der Waals surface area contributed by atoms with Gasteiger partial charge in [-0.2, -0.15) is 0 Å². The van der Waals surface area contributed by atoms with Crippen LogP contribution in [0.5, 0.6) is 11.5 Å². The number of rotatable bonds is 5. The van der Waals surface area contributed by atoms with Crippen LogP contribution in [-0.2, 0) is 0 Å². The fraction of sp³-hybridized carbons (Fsp3) is 0.462. The first-order valence-corrected chi connectivity index (χ1v) is 5.88. The van der Waals surface area contributed by atoms with Crippen molar-refractivity contribution in [2.75, 3.05) is 13.7 Å². The van der Waals surface area contributed by atoms with Crippen LogP contribution >= 0.6 is 0 Å². The molecule has 100 valence electrons. The maximum atomic E-state index is 12.0. The van der Waals surface area contributed by atoms with E-state index in [1.54, 1.807) is 18.2 Å². The molecule has 1 amide bonds. The Bertz CT molecular complexity index is 419. The molecule has 5 heteroatoms. The molecule has 0 aliphatic heterocycles. The lowest BCUT2D eigenvalue weighted by Gasteiger charge is -2.20. The number of methoxy groups -OCH3 is 1. The number of carbonyl (C=O) groups excluding carboxylic acids is 1. The molecule has 5 nitrogen and oxygen atoms in total. The predicted molar refractivity (Wildman–Crippen MR) is 69.8 cm³/mol. The van der Waals surface area contributed by atoms with E-state index >= 15 is 0 Å². The third-order valence-corrected chi connectivity index (χ3v) is 2.84. The number of nitrogens with two attached hydrogens (primary N) is 1. The lowest BCUT2D eigenvalue weighted by molar-refractivity contribution is 0.0924. The minimum Gasteiger partial charge on any atom is -0.504 e. The van der Waals surface area contributed by atoms with Gasteiger partial charge in [-0.05, 0) is 18.1 Å². The topological polar surface area (TPSA) is 84.6 Å². The summed E-state index contributed by atoms with van der Waals surface area (Å²) in [5, 5.41) is 12.7. The quantitative estimate of drug-likeness (QED) is 0.733. The average Bonchev–Trinajstić information content (AvgIpc) is 2.35. The minimum atomic E-state index is -0.351. The standard InChI is InChI=1S/C13H20N2O3/c1-8(2)10(7-14)15-13(17)9-5-4-6-11(18-3)12(9)16/h4-6,8,10,16H,7,14H2,1-3H3,(H,15,17). The number of phenolic OH excluding ortho intramolecular Hbond substituents is 1. The first kappa shape index (κ1) is 14.3. The molecule has 0 aromatic heterocycles. The van der Waals surface area contributed by atoms with Crippen LogP contribution < -0.4 is 15.8 Å². The summed E-state index contributed by atoms with van der Waals surface area (Å²) in [6.45, 7) is 4.31. The Labute approximate surface area is 107 Å². The first-order valence-electron chi connectivity index (χ1n) is 5.88. The lowest BCUT2D eigenvalue weighted by atomic mass is 10.0. The average molecular weight is 252 g/mol. The van der Waals surface area contributed by atoms with Crippen LogP contribution in [-0.4, -0.2) is 30.7 Å². The van der Waals surface area contributed by atoms with Crippen molar-refractivity contribution in [3.8, 4) is 11.5 Å². The van der Waals surface area contributed by atoms with Gasteiger partial charge in [-0.1, -0.05) is 19.9 Å². The van der Waals surface area contributed by atoms with Gasteiger partial charge in [0.15, 0.2) is 11.5 Å². The summed E-state index contributed by atoms with van der Waals surface area (Å²) >= 11 is 0. The number of carbonyl (C=O) groups is 1. The van der Waals surface area contributed by atoms with Gasteiger partial charge < -0.3 is 20.9 Å². The largest absolute Gasteiger partial charge is 0.504 e. The van der Waals surface area contributed by atoms with Crippen LogP contribution in [0, 0.1) is 5.92 Å². The van der Waals surface area contributed by atoms with Crippen molar-refractivity contribution in [3.63, 3.8) is 0 Å². The molecule has 0 aliphatic carbocycles. The van der Waals surface area contributed by atoms with Crippen LogP contribution in [0.15, 0.2) is 18.2 Å². The monoisotopic (exact) mass is 252 g/mol. The third-order valence-electron chi connectivity index (χ3n) is 2.84. The fourth-order valence-electron chi connectivity index (χ4n) is 1.61. The Morgan fingerprint density at radius 3 is 2.67 bits per heavy atom. The molecule has 1 atom stereocenters. The van der Waals surface area contributed by atoms with Gasteiger partial charge in [0.25, 0.3) is 5.91 Å². The number of benzene rings is 1. The van der Waals surface area contributed by atoms with Crippen LogP contribution in [0.3, 0.4) is 0 Å². The zero-order valence-corrected chi connectivity index (χ0v) is 10.9. The molecule has 0 saturated heterocycles. The van der Waals surface area contributed by atoms with Gasteiger partial charge in [0.2, 0.25) is 0 Å². The zero-order valence-electron chi connectivity index (χ0n) is 10.9. The molecular formula is C13H20N2O3. The fourth-order valence-corrected chi connectivity index (χ4v) is 1.61. The summed E-state index contributed by atoms with van der Waals surface area (Å²) in [4.78, 5) is 12.0. The Balaban J connectivity index is 2.91. The van der Waals surface area contributed by atoms with Crippen molar-refractivity contribution in [2.24, 2.45) is 11.7 Å². The van der Waals surface area contributed by atoms with E-state index < -0.39 is 0 Å². The predicted octanol–water partition coefficient (Wildman–Crippen LogP) is 1.11. The second-order valence-corrected chi connectivity index (χ2v) is 4.42. The van der Waals surface area contributed by atoms with Gasteiger partial charge in [0.1, 0.15) is 0 Å². The number of nitrogens with one attached hydrogen (secondary N) is 1. The Kier molecular flexibility index (Phi) is 4.97. The van der Waals surface area contributed by atoms with E-state index in [1.165, 1.54) is 7.11 Å². The third kappa shape index (κ3) is 3.13. The van der Waals surface area contributed by atoms with E-state index in [-0.39, 0.29) is 34.9 Å². The number of aromatic hydroxyl groups is 1. The summed E-state index contributed by atoms with van der Waals surface area (Å²) in [5.41, 5.74) is 5.78. The summed E-state index contributed by atoms with van der Waals surface area (Å²) < 4.78 is 4.96. The molecule has 18 heavy (non-hydrogen) atoms. The first-order chi connectivity index (χ1) is 8.51. The van der Waals surface area contributed by atoms with Gasteiger partial charge in [0, 0.05) is 12.6 Å². The molecule has 1 aromatic carbocycles. The highest BCUT2D eigenvalue weighted by Crippen LogP contribution is 2.29. The van der Waals surface area contributed by atoms with Crippen molar-refractivity contribution in [1.82, 2.24) is 5.32 Å². The summed E-state index contributed by atoms with van der Waals surface area (Å²) in [6.07, 6.45) is 0. The van der Waals surface area contributed by atoms with Crippen LogP contribution in [0.2, 0.25) is 0 Å². The van der Waals surface area contributed by atoms with Crippen molar-refractivity contribution in [2.45, 2.75) is 19.9 Å². The molecular weight excluding hydrogens is 232 g/mol. The molecule has 0 aliphatic rings. The van der Waals surface area contributed by atoms with Crippen LogP contribution in [0.4, 0.5) is 0 Å². The Morgan fingerprint density at radius 1 is 1.50 bits per heavy atom. The van der Waals surface area contributed by atoms with Crippen LogP contribution in [0.1, 0.15) is 24.2 Å². The number of para-hydroxylation sites is 1. The van der Waals surface area contributed by atoms with E-state index in [9.17, 15) is 9.90 Å². The van der Waals surface area contributed by atoms with Crippen molar-refractivity contribution in [1.29, 1.82) is 0 Å². The second-order valence-electron chi connectivity index (χ2n) is 4.42. The van der Waals surface area contributed by atoms with Gasteiger partial charge >= 0.3 is 0 Å². The summed E-state index contributed by atoms with van der Waals surface area (Å²) in [5.74, 6) is -0.00391. The highest BCUT2D eigenvalue weighted by molar-refractivity contribution is 5.97. The maximum Gasteiger partial charge on any atom is 0.255 e. The van der Waals surface area contributed by atoms with E-state index in [1.807, 2.05) is 13.8 Å². The second kappa shape index (κ2) is 6.26. The lowest BCUT2D eigenvalue weighted by Crippen LogP contribution is -2.43. The van der Waals surface area contributed by atoms with Gasteiger partial charge in [0.05, 0.1) is 12.7 Å². The molecule has 0 fully saturated rings. The molecule has 1 rings (SSSR count). The van der Waals surface area contributed by atoms with E-state index in [0.717, 1.165) is 0 Å². The van der Waals surface area contributed by atoms with E-state index in [4.69, 9.17) is 10.5 Å². The molecule has 1 unspecified atom stereocenters. The van der Waals surface area contributed by atoms with E-state index in [0.29, 0.717) is 6.54 Å². The molecule has 1 aromatic rings. The number of hydrogen-bond donors (Lipinski definition) is 3. The van der Waals surface area contributed by atoms with Crippen molar-refractivity contribution >= 4 is 5.91 Å². The molecule has 0 heterocycles. The van der Waals surface area contributed by atoms with Crippen molar-refractivity contribution < 1.29 is 14.6 Å². The van der Waals surface area contributed by atoms with Gasteiger partial charge in [-0.25, -0.2) is 0 Å². The van der Waals surface area contributed by atoms with E-state index in [2.05, 4.69) is 5.32 Å². The minimum absolute atomic E-state index is 0.122. The smallest absolute Gasteiger partial charge is 0.255 e. The highest BCUT2D eigenvalue weighted by atomic mass is 16.5. The normalized spacial score (nSPS) is 12.3. The van der Waals surface area contributed by atoms with Crippen LogP contribution in [0.25, 0.3) is 0 Å². The Morgan fingerprint density at radius 2 is 2.17 bits per heavy atom.